The summed E-state index contributed by atoms with van der Waals surface area (Å²) in [5.74, 6) is 0.0628. The van der Waals surface area contributed by atoms with E-state index in [1.165, 1.54) is 0 Å². The Labute approximate surface area is 159 Å². The van der Waals surface area contributed by atoms with Gasteiger partial charge in [0.2, 0.25) is 5.91 Å². The molecule has 8 nitrogen and oxygen atoms in total. The van der Waals surface area contributed by atoms with E-state index >= 15 is 0 Å². The Kier molecular flexibility index (Phi) is 7.75. The number of anilines is 1. The van der Waals surface area contributed by atoms with Crippen LogP contribution in [-0.4, -0.2) is 39.8 Å². The Morgan fingerprint density at radius 1 is 1.30 bits per heavy atom. The second-order valence-corrected chi connectivity index (χ2v) is 7.10. The van der Waals surface area contributed by atoms with Crippen molar-refractivity contribution in [2.75, 3.05) is 12.3 Å². The van der Waals surface area contributed by atoms with Crippen LogP contribution >= 0.6 is 0 Å². The van der Waals surface area contributed by atoms with Crippen LogP contribution in [0.4, 0.5) is 6.01 Å². The van der Waals surface area contributed by atoms with E-state index in [0.29, 0.717) is 31.6 Å². The molecule has 1 amide bonds. The molecule has 2 aromatic rings. The average molecular weight is 375 g/mol. The molecule has 0 saturated heterocycles. The lowest BCUT2D eigenvalue weighted by Crippen LogP contribution is -2.42. The number of nitrogens with zero attached hydrogens (tertiary/aromatic N) is 2. The molecule has 8 heteroatoms. The van der Waals surface area contributed by atoms with Crippen LogP contribution in [0.5, 0.6) is 0 Å². The number of hydrogen-bond acceptors (Lipinski definition) is 7. The number of aliphatic hydroxyl groups is 1. The van der Waals surface area contributed by atoms with Gasteiger partial charge in [0.25, 0.3) is 0 Å². The molecule has 1 aromatic carbocycles. The highest BCUT2D eigenvalue weighted by Gasteiger charge is 2.27. The van der Waals surface area contributed by atoms with Gasteiger partial charge in [-0.25, -0.2) is 0 Å². The highest BCUT2D eigenvalue weighted by atomic mass is 16.5. The summed E-state index contributed by atoms with van der Waals surface area (Å²) in [4.78, 5) is 16.4. The molecule has 3 atom stereocenters. The van der Waals surface area contributed by atoms with Crippen LogP contribution in [0.3, 0.4) is 0 Å². The molecule has 6 N–H and O–H groups in total. The summed E-state index contributed by atoms with van der Waals surface area (Å²) in [6.45, 7) is 4.28. The molecule has 0 unspecified atom stereocenters. The summed E-state index contributed by atoms with van der Waals surface area (Å²) in [5, 5.41) is 17.0. The van der Waals surface area contributed by atoms with E-state index in [1.807, 2.05) is 44.2 Å². The molecular formula is C19H29N5O3. The fraction of sp³-hybridized carbons (Fsp3) is 0.526. The molecule has 0 aliphatic heterocycles. The minimum atomic E-state index is -0.764. The molecule has 148 valence electrons. The third-order valence-electron chi connectivity index (χ3n) is 4.58. The largest absolute Gasteiger partial charge is 0.391 e. The molecule has 27 heavy (non-hydrogen) atoms. The lowest BCUT2D eigenvalue weighted by atomic mass is 9.86. The SMILES string of the molecule is CC(C)[C@H](C[C@H](O)[C@@H](N)Cc1ccccc1)C(=O)NCCc1noc(N)n1. The Morgan fingerprint density at radius 2 is 2.00 bits per heavy atom. The summed E-state index contributed by atoms with van der Waals surface area (Å²) in [6, 6.07) is 9.35. The van der Waals surface area contributed by atoms with Crippen molar-refractivity contribution in [1.29, 1.82) is 0 Å². The number of hydrogen-bond donors (Lipinski definition) is 4. The number of carbonyl (C=O) groups excluding carboxylic acids is 1. The van der Waals surface area contributed by atoms with Gasteiger partial charge in [0.05, 0.1) is 6.10 Å². The van der Waals surface area contributed by atoms with E-state index in [0.717, 1.165) is 5.56 Å². The number of nitrogens with two attached hydrogens (primary N) is 2. The molecule has 0 spiro atoms. The maximum atomic E-state index is 12.5. The Bertz CT molecular complexity index is 704. The number of carbonyl (C=O) groups is 1. The zero-order chi connectivity index (χ0) is 19.8. The molecule has 0 radical (unpaired) electrons. The van der Waals surface area contributed by atoms with Crippen molar-refractivity contribution in [1.82, 2.24) is 15.5 Å². The van der Waals surface area contributed by atoms with Gasteiger partial charge in [0.15, 0.2) is 5.82 Å². The molecule has 0 bridgehead atoms. The first-order valence-electron chi connectivity index (χ1n) is 9.20. The lowest BCUT2D eigenvalue weighted by Gasteiger charge is -2.26. The van der Waals surface area contributed by atoms with Crippen molar-refractivity contribution in [3.8, 4) is 0 Å². The predicted octanol–water partition coefficient (Wildman–Crippen LogP) is 0.904. The summed E-state index contributed by atoms with van der Waals surface area (Å²) >= 11 is 0. The molecule has 1 aromatic heterocycles. The number of amides is 1. The van der Waals surface area contributed by atoms with E-state index in [4.69, 9.17) is 16.0 Å². The number of nitrogens with one attached hydrogen (secondary N) is 1. The minimum absolute atomic E-state index is 0.00640. The zero-order valence-corrected chi connectivity index (χ0v) is 15.8. The van der Waals surface area contributed by atoms with E-state index in [1.54, 1.807) is 0 Å². The van der Waals surface area contributed by atoms with E-state index < -0.39 is 12.1 Å². The van der Waals surface area contributed by atoms with Gasteiger partial charge in [-0.05, 0) is 24.3 Å². The third-order valence-corrected chi connectivity index (χ3v) is 4.58. The summed E-state index contributed by atoms with van der Waals surface area (Å²) < 4.78 is 4.69. The third kappa shape index (κ3) is 6.65. The number of rotatable bonds is 10. The molecule has 2 rings (SSSR count). The van der Waals surface area contributed by atoms with E-state index in [-0.39, 0.29) is 23.8 Å². The summed E-state index contributed by atoms with van der Waals surface area (Å²) in [7, 11) is 0. The molecule has 1 heterocycles. The van der Waals surface area contributed by atoms with Crippen LogP contribution in [0.25, 0.3) is 0 Å². The second-order valence-electron chi connectivity index (χ2n) is 7.10. The van der Waals surface area contributed by atoms with Gasteiger partial charge in [-0.15, -0.1) is 0 Å². The fourth-order valence-electron chi connectivity index (χ4n) is 2.94. The highest BCUT2D eigenvalue weighted by Crippen LogP contribution is 2.20. The second kappa shape index (κ2) is 10.0. The normalized spacial score (nSPS) is 14.7. The lowest BCUT2D eigenvalue weighted by molar-refractivity contribution is -0.127. The topological polar surface area (TPSA) is 140 Å². The summed E-state index contributed by atoms with van der Waals surface area (Å²) in [6.07, 6.45) is 0.536. The smallest absolute Gasteiger partial charge is 0.318 e. The first kappa shape index (κ1) is 20.9. The Hall–Kier alpha value is -2.45. The van der Waals surface area contributed by atoms with Crippen LogP contribution in [0.15, 0.2) is 34.9 Å². The maximum absolute atomic E-state index is 12.5. The van der Waals surface area contributed by atoms with Gasteiger partial charge in [-0.2, -0.15) is 4.98 Å². The van der Waals surface area contributed by atoms with Crippen LogP contribution in [-0.2, 0) is 17.6 Å². The van der Waals surface area contributed by atoms with Crippen LogP contribution in [0.2, 0.25) is 0 Å². The standard InChI is InChI=1S/C19H29N5O3/c1-12(2)14(18(26)22-9-8-17-23-19(21)27-24-17)11-16(25)15(20)10-13-6-4-3-5-7-13/h3-7,12,14-16,25H,8-11,20H2,1-2H3,(H,22,26)(H2,21,23,24)/t14-,15-,16-/m0/s1. The van der Waals surface area contributed by atoms with Crippen molar-refractivity contribution in [2.24, 2.45) is 17.6 Å². The molecular weight excluding hydrogens is 346 g/mol. The molecule has 0 aliphatic carbocycles. The number of benzene rings is 1. The van der Waals surface area contributed by atoms with Gasteiger partial charge in [0, 0.05) is 24.9 Å². The van der Waals surface area contributed by atoms with Crippen molar-refractivity contribution >= 4 is 11.9 Å². The van der Waals surface area contributed by atoms with Gasteiger partial charge < -0.3 is 26.4 Å². The first-order chi connectivity index (χ1) is 12.9. The Morgan fingerprint density at radius 3 is 2.59 bits per heavy atom. The molecule has 0 saturated carbocycles. The molecule has 0 fully saturated rings. The predicted molar refractivity (Wildman–Crippen MR) is 102 cm³/mol. The van der Waals surface area contributed by atoms with Gasteiger partial charge in [0.1, 0.15) is 0 Å². The highest BCUT2D eigenvalue weighted by molar-refractivity contribution is 5.78. The van der Waals surface area contributed by atoms with E-state index in [9.17, 15) is 9.90 Å². The number of aliphatic hydroxyl groups excluding tert-OH is 1. The van der Waals surface area contributed by atoms with Crippen molar-refractivity contribution < 1.29 is 14.4 Å². The zero-order valence-electron chi connectivity index (χ0n) is 15.8. The molecule has 0 aliphatic rings. The minimum Gasteiger partial charge on any atom is -0.391 e. The van der Waals surface area contributed by atoms with Crippen LogP contribution in [0, 0.1) is 11.8 Å². The van der Waals surface area contributed by atoms with Crippen molar-refractivity contribution in [3.63, 3.8) is 0 Å². The average Bonchev–Trinajstić information content (AvgIpc) is 3.05. The quantitative estimate of drug-likeness (QED) is 0.483. The van der Waals surface area contributed by atoms with Gasteiger partial charge >= 0.3 is 6.01 Å². The van der Waals surface area contributed by atoms with Crippen molar-refractivity contribution in [3.05, 3.63) is 41.7 Å². The van der Waals surface area contributed by atoms with Gasteiger partial charge in [-0.1, -0.05) is 49.3 Å². The van der Waals surface area contributed by atoms with Crippen LogP contribution < -0.4 is 16.8 Å². The van der Waals surface area contributed by atoms with Crippen LogP contribution in [0.1, 0.15) is 31.7 Å². The van der Waals surface area contributed by atoms with Crippen molar-refractivity contribution in [2.45, 2.75) is 45.3 Å². The monoisotopic (exact) mass is 375 g/mol. The number of aromatic nitrogens is 2. The van der Waals surface area contributed by atoms with E-state index in [2.05, 4.69) is 15.5 Å². The Balaban J connectivity index is 1.84. The maximum Gasteiger partial charge on any atom is 0.318 e. The summed E-state index contributed by atoms with van der Waals surface area (Å²) in [5.41, 5.74) is 12.6. The fourth-order valence-corrected chi connectivity index (χ4v) is 2.94. The first-order valence-corrected chi connectivity index (χ1v) is 9.20. The van der Waals surface area contributed by atoms with Gasteiger partial charge in [-0.3, -0.25) is 4.79 Å². The number of nitrogen functional groups attached to an aromatic ring is 1.